The van der Waals surface area contributed by atoms with Gasteiger partial charge < -0.3 is 15.2 Å². The van der Waals surface area contributed by atoms with Crippen LogP contribution in [0.3, 0.4) is 0 Å². The summed E-state index contributed by atoms with van der Waals surface area (Å²) in [5.41, 5.74) is 0.894. The molecule has 3 atom stereocenters. The molecule has 1 aromatic carbocycles. The molecular weight excluding hydrogens is 245 g/mol. The molecule has 0 saturated heterocycles. The Kier molecular flexibility index (Phi) is 4.77. The summed E-state index contributed by atoms with van der Waals surface area (Å²) in [5.74, 6) is 0.252. The molecule has 2 rings (SSSR count). The van der Waals surface area contributed by atoms with E-state index in [0.717, 1.165) is 31.4 Å². The molecule has 1 aliphatic carbocycles. The van der Waals surface area contributed by atoms with Crippen LogP contribution < -0.4 is 10.1 Å². The van der Waals surface area contributed by atoms with Crippen LogP contribution in [-0.4, -0.2) is 24.9 Å². The fourth-order valence-corrected chi connectivity index (χ4v) is 2.65. The van der Waals surface area contributed by atoms with Crippen molar-refractivity contribution >= 4 is 0 Å². The molecule has 1 aromatic rings. The van der Waals surface area contributed by atoms with Crippen LogP contribution in [0.5, 0.6) is 5.75 Å². The second-order valence-electron chi connectivity index (χ2n) is 5.28. The molecule has 0 aromatic heterocycles. The highest BCUT2D eigenvalue weighted by Gasteiger charge is 2.25. The van der Waals surface area contributed by atoms with Crippen LogP contribution in [0, 0.1) is 11.7 Å². The first-order valence-electron chi connectivity index (χ1n) is 6.86. The SMILES string of the molecule is COc1ccc(C(C)NCC2CCCC2O)cc1F. The maximum absolute atomic E-state index is 13.6. The second kappa shape index (κ2) is 6.35. The van der Waals surface area contributed by atoms with Gasteiger partial charge in [0.15, 0.2) is 11.6 Å². The van der Waals surface area contributed by atoms with E-state index >= 15 is 0 Å². The molecule has 0 spiro atoms. The molecule has 1 aliphatic rings. The van der Waals surface area contributed by atoms with Crippen molar-refractivity contribution in [3.63, 3.8) is 0 Å². The summed E-state index contributed by atoms with van der Waals surface area (Å²) >= 11 is 0. The molecule has 0 aliphatic heterocycles. The second-order valence-corrected chi connectivity index (χ2v) is 5.28. The summed E-state index contributed by atoms with van der Waals surface area (Å²) < 4.78 is 18.5. The fraction of sp³-hybridized carbons (Fsp3) is 0.600. The Hall–Kier alpha value is -1.13. The predicted molar refractivity (Wildman–Crippen MR) is 72.7 cm³/mol. The zero-order valence-electron chi connectivity index (χ0n) is 11.5. The number of ether oxygens (including phenoxy) is 1. The third kappa shape index (κ3) is 3.45. The minimum Gasteiger partial charge on any atom is -0.494 e. The highest BCUT2D eigenvalue weighted by atomic mass is 19.1. The smallest absolute Gasteiger partial charge is 0.165 e. The summed E-state index contributed by atoms with van der Waals surface area (Å²) in [6.45, 7) is 2.78. The van der Waals surface area contributed by atoms with Gasteiger partial charge in [0.25, 0.3) is 0 Å². The Labute approximate surface area is 113 Å². The maximum Gasteiger partial charge on any atom is 0.165 e. The number of aliphatic hydroxyl groups excluding tert-OH is 1. The topological polar surface area (TPSA) is 41.5 Å². The van der Waals surface area contributed by atoms with Gasteiger partial charge in [-0.05, 0) is 43.4 Å². The largest absolute Gasteiger partial charge is 0.494 e. The highest BCUT2D eigenvalue weighted by molar-refractivity contribution is 5.30. The molecular formula is C15H22FNO2. The lowest BCUT2D eigenvalue weighted by molar-refractivity contribution is 0.130. The number of rotatable bonds is 5. The Morgan fingerprint density at radius 2 is 2.26 bits per heavy atom. The van der Waals surface area contributed by atoms with Crippen LogP contribution in [0.25, 0.3) is 0 Å². The van der Waals surface area contributed by atoms with Crippen molar-refractivity contribution in [1.29, 1.82) is 0 Å². The molecule has 0 radical (unpaired) electrons. The van der Waals surface area contributed by atoms with Gasteiger partial charge in [-0.1, -0.05) is 12.5 Å². The lowest BCUT2D eigenvalue weighted by Crippen LogP contribution is -2.29. The van der Waals surface area contributed by atoms with Crippen molar-refractivity contribution in [1.82, 2.24) is 5.32 Å². The Morgan fingerprint density at radius 3 is 2.84 bits per heavy atom. The van der Waals surface area contributed by atoms with Gasteiger partial charge in [0.1, 0.15) is 0 Å². The van der Waals surface area contributed by atoms with Gasteiger partial charge >= 0.3 is 0 Å². The van der Waals surface area contributed by atoms with E-state index in [1.165, 1.54) is 13.2 Å². The summed E-state index contributed by atoms with van der Waals surface area (Å²) in [7, 11) is 1.46. The van der Waals surface area contributed by atoms with Gasteiger partial charge in [-0.3, -0.25) is 0 Å². The first-order valence-corrected chi connectivity index (χ1v) is 6.86. The van der Waals surface area contributed by atoms with Gasteiger partial charge in [0.05, 0.1) is 13.2 Å². The van der Waals surface area contributed by atoms with Crippen molar-refractivity contribution in [2.45, 2.75) is 38.3 Å². The minimum atomic E-state index is -0.338. The first kappa shape index (κ1) is 14.3. The van der Waals surface area contributed by atoms with Crippen LogP contribution in [-0.2, 0) is 0 Å². The van der Waals surface area contributed by atoms with E-state index in [4.69, 9.17) is 4.74 Å². The number of hydrogen-bond acceptors (Lipinski definition) is 3. The molecule has 19 heavy (non-hydrogen) atoms. The Morgan fingerprint density at radius 1 is 1.47 bits per heavy atom. The van der Waals surface area contributed by atoms with Crippen LogP contribution in [0.4, 0.5) is 4.39 Å². The number of nitrogens with one attached hydrogen (secondary N) is 1. The minimum absolute atomic E-state index is 0.0632. The van der Waals surface area contributed by atoms with Crippen LogP contribution in [0.1, 0.15) is 37.8 Å². The average molecular weight is 267 g/mol. The molecule has 106 valence electrons. The third-order valence-corrected chi connectivity index (χ3v) is 3.98. The van der Waals surface area contributed by atoms with E-state index in [-0.39, 0.29) is 23.7 Å². The lowest BCUT2D eigenvalue weighted by Gasteiger charge is -2.20. The first-order chi connectivity index (χ1) is 9.11. The van der Waals surface area contributed by atoms with Crippen LogP contribution in [0.15, 0.2) is 18.2 Å². The monoisotopic (exact) mass is 267 g/mol. The summed E-state index contributed by atoms with van der Waals surface area (Å²) in [6.07, 6.45) is 2.88. The zero-order valence-corrected chi connectivity index (χ0v) is 11.5. The molecule has 2 N–H and O–H groups in total. The van der Waals surface area contributed by atoms with Crippen LogP contribution >= 0.6 is 0 Å². The summed E-state index contributed by atoms with van der Waals surface area (Å²) in [6, 6.07) is 5.08. The molecule has 3 nitrogen and oxygen atoms in total. The Balaban J connectivity index is 1.92. The van der Waals surface area contributed by atoms with E-state index in [2.05, 4.69) is 5.32 Å². The molecule has 1 fully saturated rings. The van der Waals surface area contributed by atoms with Gasteiger partial charge in [-0.2, -0.15) is 0 Å². The van der Waals surface area contributed by atoms with Crippen molar-refractivity contribution in [2.75, 3.05) is 13.7 Å². The number of benzene rings is 1. The van der Waals surface area contributed by atoms with Crippen molar-refractivity contribution in [3.05, 3.63) is 29.6 Å². The van der Waals surface area contributed by atoms with E-state index in [1.54, 1.807) is 6.07 Å². The van der Waals surface area contributed by atoms with Crippen molar-refractivity contribution in [2.24, 2.45) is 5.92 Å². The zero-order chi connectivity index (χ0) is 13.8. The summed E-state index contributed by atoms with van der Waals surface area (Å²) in [4.78, 5) is 0. The maximum atomic E-state index is 13.6. The molecule has 0 amide bonds. The quantitative estimate of drug-likeness (QED) is 0.861. The molecule has 1 saturated carbocycles. The van der Waals surface area contributed by atoms with Crippen molar-refractivity contribution in [3.8, 4) is 5.75 Å². The van der Waals surface area contributed by atoms with Crippen molar-refractivity contribution < 1.29 is 14.2 Å². The summed E-state index contributed by atoms with van der Waals surface area (Å²) in [5, 5.41) is 13.1. The third-order valence-electron chi connectivity index (χ3n) is 3.98. The lowest BCUT2D eigenvalue weighted by atomic mass is 10.0. The number of halogens is 1. The number of methoxy groups -OCH3 is 1. The van der Waals surface area contributed by atoms with E-state index in [9.17, 15) is 9.50 Å². The average Bonchev–Trinajstić information content (AvgIpc) is 2.81. The molecule has 0 bridgehead atoms. The van der Waals surface area contributed by atoms with Gasteiger partial charge in [-0.25, -0.2) is 4.39 Å². The van der Waals surface area contributed by atoms with Crippen LogP contribution in [0.2, 0.25) is 0 Å². The molecule has 0 heterocycles. The molecule has 4 heteroatoms. The van der Waals surface area contributed by atoms with Gasteiger partial charge in [-0.15, -0.1) is 0 Å². The standard InChI is InChI=1S/C15H22FNO2/c1-10(17-9-12-4-3-5-14(12)18)11-6-7-15(19-2)13(16)8-11/h6-8,10,12,14,17-18H,3-5,9H2,1-2H3. The fourth-order valence-electron chi connectivity index (χ4n) is 2.65. The highest BCUT2D eigenvalue weighted by Crippen LogP contribution is 2.26. The normalized spacial score (nSPS) is 24.4. The number of hydrogen-bond donors (Lipinski definition) is 2. The van der Waals surface area contributed by atoms with E-state index in [1.807, 2.05) is 13.0 Å². The Bertz CT molecular complexity index is 425. The van der Waals surface area contributed by atoms with Gasteiger partial charge in [0.2, 0.25) is 0 Å². The van der Waals surface area contributed by atoms with E-state index in [0.29, 0.717) is 5.92 Å². The molecule has 3 unspecified atom stereocenters. The predicted octanol–water partition coefficient (Wildman–Crippen LogP) is 2.65. The van der Waals surface area contributed by atoms with E-state index < -0.39 is 0 Å². The number of aliphatic hydroxyl groups is 1. The van der Waals surface area contributed by atoms with Gasteiger partial charge in [0, 0.05) is 12.6 Å².